The summed E-state index contributed by atoms with van der Waals surface area (Å²) in [6, 6.07) is 0. The maximum Gasteiger partial charge on any atom is 0.498 e. The van der Waals surface area contributed by atoms with Crippen molar-refractivity contribution in [3.63, 3.8) is 0 Å². The molecular formula is C15H27BN2O3Si. The van der Waals surface area contributed by atoms with Crippen LogP contribution < -0.4 is 10.8 Å². The lowest BCUT2D eigenvalue weighted by Gasteiger charge is -2.32. The third-order valence-electron chi connectivity index (χ3n) is 5.11. The molecule has 1 aromatic rings. The third kappa shape index (κ3) is 2.38. The Morgan fingerprint density at radius 1 is 1.18 bits per heavy atom. The quantitative estimate of drug-likeness (QED) is 0.812. The van der Waals surface area contributed by atoms with E-state index in [1.54, 1.807) is 0 Å². The Balaban J connectivity index is 2.08. The van der Waals surface area contributed by atoms with Crippen LogP contribution in [0.5, 0.6) is 0 Å². The van der Waals surface area contributed by atoms with E-state index in [-0.39, 0.29) is 24.4 Å². The molecule has 2 aliphatic heterocycles. The van der Waals surface area contributed by atoms with Crippen molar-refractivity contribution < 1.29 is 14.4 Å². The molecule has 1 unspecified atom stereocenters. The van der Waals surface area contributed by atoms with Gasteiger partial charge < -0.3 is 14.4 Å². The Kier molecular flexibility index (Phi) is 3.46. The first kappa shape index (κ1) is 16.2. The van der Waals surface area contributed by atoms with Gasteiger partial charge in [-0.25, -0.2) is 0 Å². The highest BCUT2D eigenvalue weighted by Crippen LogP contribution is 2.37. The average Bonchev–Trinajstić information content (AvgIpc) is 2.86. The highest BCUT2D eigenvalue weighted by Gasteiger charge is 2.54. The molecule has 0 aliphatic carbocycles. The van der Waals surface area contributed by atoms with Crippen LogP contribution in [0.4, 0.5) is 0 Å². The summed E-state index contributed by atoms with van der Waals surface area (Å²) in [5, 5.41) is 15.9. The molecular weight excluding hydrogens is 295 g/mol. The van der Waals surface area contributed by atoms with Gasteiger partial charge in [0.25, 0.3) is 0 Å². The smallest absolute Gasteiger partial charge is 0.399 e. The fraction of sp³-hybridized carbons (Fsp3) is 0.800. The van der Waals surface area contributed by atoms with Crippen LogP contribution in [0.3, 0.4) is 0 Å². The summed E-state index contributed by atoms with van der Waals surface area (Å²) in [4.78, 5) is 0. The molecule has 1 atom stereocenters. The summed E-state index contributed by atoms with van der Waals surface area (Å²) in [5.74, 6) is 0. The first-order valence-corrected chi connectivity index (χ1v) is 11.6. The minimum atomic E-state index is -1.63. The molecule has 3 heterocycles. The van der Waals surface area contributed by atoms with E-state index >= 15 is 0 Å². The highest BCUT2D eigenvalue weighted by atomic mass is 28.3. The number of nitrogens with zero attached hydrogens (tertiary/aromatic N) is 2. The van der Waals surface area contributed by atoms with Gasteiger partial charge in [0.05, 0.1) is 23.9 Å². The zero-order chi connectivity index (χ0) is 16.5. The van der Waals surface area contributed by atoms with E-state index in [0.717, 1.165) is 16.5 Å². The molecule has 22 heavy (non-hydrogen) atoms. The first-order chi connectivity index (χ1) is 9.92. The van der Waals surface area contributed by atoms with Crippen molar-refractivity contribution in [3.05, 3.63) is 5.69 Å². The van der Waals surface area contributed by atoms with Crippen LogP contribution in [0.1, 0.15) is 33.4 Å². The van der Waals surface area contributed by atoms with Crippen LogP contribution in [0.25, 0.3) is 0 Å². The molecule has 0 aromatic carbocycles. The van der Waals surface area contributed by atoms with E-state index in [1.165, 1.54) is 0 Å². The second-order valence-electron chi connectivity index (χ2n) is 8.59. The first-order valence-electron chi connectivity index (χ1n) is 8.06. The van der Waals surface area contributed by atoms with Crippen LogP contribution in [-0.2, 0) is 22.3 Å². The fourth-order valence-electron chi connectivity index (χ4n) is 3.13. The molecule has 5 nitrogen and oxygen atoms in total. The highest BCUT2D eigenvalue weighted by molar-refractivity contribution is 6.92. The Bertz CT molecular complexity index is 591. The van der Waals surface area contributed by atoms with Gasteiger partial charge in [0.1, 0.15) is 8.07 Å². The fourth-order valence-corrected chi connectivity index (χ4v) is 4.62. The monoisotopic (exact) mass is 322 g/mol. The third-order valence-corrected chi connectivity index (χ3v) is 6.90. The van der Waals surface area contributed by atoms with Crippen molar-refractivity contribution in [1.29, 1.82) is 0 Å². The summed E-state index contributed by atoms with van der Waals surface area (Å²) in [5.41, 5.74) is 1.44. The summed E-state index contributed by atoms with van der Waals surface area (Å²) in [7, 11) is -2.01. The Morgan fingerprint density at radius 2 is 1.73 bits per heavy atom. The lowest BCUT2D eigenvalue weighted by Crippen LogP contribution is -2.55. The van der Waals surface area contributed by atoms with Gasteiger partial charge in [-0.3, -0.25) is 4.68 Å². The second-order valence-corrected chi connectivity index (χ2v) is 13.6. The predicted molar refractivity (Wildman–Crippen MR) is 90.6 cm³/mol. The van der Waals surface area contributed by atoms with E-state index < -0.39 is 8.07 Å². The molecule has 1 fully saturated rings. The zero-order valence-corrected chi connectivity index (χ0v) is 15.7. The standard InChI is InChI=1S/C15H27BN2O3Si/c1-14(2)15(3,4)21-16(20-14)12-11-8-10(19)9-18(11)17-13(12)22(5,6)7/h10,19H,8-9H2,1-7H3. The van der Waals surface area contributed by atoms with Crippen molar-refractivity contribution in [2.75, 3.05) is 0 Å². The largest absolute Gasteiger partial charge is 0.498 e. The molecule has 1 N–H and O–H groups in total. The van der Waals surface area contributed by atoms with Gasteiger partial charge in [-0.15, -0.1) is 0 Å². The predicted octanol–water partition coefficient (Wildman–Crippen LogP) is 0.644. The van der Waals surface area contributed by atoms with Crippen molar-refractivity contribution in [3.8, 4) is 0 Å². The van der Waals surface area contributed by atoms with Gasteiger partial charge in [0.2, 0.25) is 0 Å². The number of hydrogen-bond donors (Lipinski definition) is 1. The molecule has 7 heteroatoms. The number of hydrogen-bond acceptors (Lipinski definition) is 4. The van der Waals surface area contributed by atoms with Gasteiger partial charge in [-0.2, -0.15) is 5.10 Å². The lowest BCUT2D eigenvalue weighted by atomic mass is 9.78. The van der Waals surface area contributed by atoms with Crippen LogP contribution in [0.15, 0.2) is 0 Å². The van der Waals surface area contributed by atoms with Gasteiger partial charge >= 0.3 is 7.12 Å². The Labute approximate surface area is 134 Å². The van der Waals surface area contributed by atoms with E-state index in [2.05, 4.69) is 47.3 Å². The maximum atomic E-state index is 9.97. The minimum Gasteiger partial charge on any atom is -0.399 e. The molecule has 2 aliphatic rings. The van der Waals surface area contributed by atoms with Crippen LogP contribution >= 0.6 is 0 Å². The van der Waals surface area contributed by atoms with Gasteiger partial charge in [-0.1, -0.05) is 19.6 Å². The van der Waals surface area contributed by atoms with E-state index in [0.29, 0.717) is 13.0 Å². The average molecular weight is 322 g/mol. The van der Waals surface area contributed by atoms with Gasteiger partial charge in [-0.05, 0) is 27.7 Å². The number of fused-ring (bicyclic) bond motifs is 1. The van der Waals surface area contributed by atoms with Crippen molar-refractivity contribution in [1.82, 2.24) is 9.78 Å². The van der Waals surface area contributed by atoms with Crippen molar-refractivity contribution in [2.24, 2.45) is 0 Å². The molecule has 0 spiro atoms. The molecule has 0 saturated carbocycles. The van der Waals surface area contributed by atoms with Crippen molar-refractivity contribution in [2.45, 2.75) is 77.6 Å². The van der Waals surface area contributed by atoms with Gasteiger partial charge in [0, 0.05) is 22.9 Å². The SMILES string of the molecule is CC1(C)OB(c2c([Si](C)(C)C)nn3c2CC(O)C3)OC1(C)C. The molecule has 3 rings (SSSR count). The number of aromatic nitrogens is 2. The number of rotatable bonds is 2. The van der Waals surface area contributed by atoms with Gasteiger partial charge in [0.15, 0.2) is 0 Å². The molecule has 122 valence electrons. The summed E-state index contributed by atoms with van der Waals surface area (Å²) in [6.07, 6.45) is 0.288. The maximum absolute atomic E-state index is 9.97. The zero-order valence-electron chi connectivity index (χ0n) is 14.7. The molecule has 0 bridgehead atoms. The normalized spacial score (nSPS) is 26.5. The molecule has 0 radical (unpaired) electrons. The van der Waals surface area contributed by atoms with Crippen LogP contribution in [0.2, 0.25) is 19.6 Å². The molecule has 0 amide bonds. The van der Waals surface area contributed by atoms with Crippen molar-refractivity contribution >= 4 is 26.0 Å². The van der Waals surface area contributed by atoms with Crippen LogP contribution in [0, 0.1) is 0 Å². The van der Waals surface area contributed by atoms with Crippen LogP contribution in [-0.4, -0.2) is 47.4 Å². The second kappa shape index (κ2) is 4.69. The van der Waals surface area contributed by atoms with E-state index in [4.69, 9.17) is 14.4 Å². The topological polar surface area (TPSA) is 56.5 Å². The van der Waals surface area contributed by atoms with E-state index in [9.17, 15) is 5.11 Å². The minimum absolute atomic E-state index is 0.348. The summed E-state index contributed by atoms with van der Waals surface area (Å²) in [6.45, 7) is 15.7. The summed E-state index contributed by atoms with van der Waals surface area (Å²) >= 11 is 0. The summed E-state index contributed by atoms with van der Waals surface area (Å²) < 4.78 is 14.5. The molecule has 1 aromatic heterocycles. The molecule has 1 saturated heterocycles. The Hall–Kier alpha value is -0.628. The lowest BCUT2D eigenvalue weighted by molar-refractivity contribution is 0.00578. The Morgan fingerprint density at radius 3 is 2.23 bits per heavy atom. The number of aliphatic hydroxyl groups is 1. The number of aliphatic hydroxyl groups excluding tert-OH is 1. The van der Waals surface area contributed by atoms with E-state index in [1.807, 2.05) is 4.68 Å².